The number of aliphatic hydroxyl groups is 13. The van der Waals surface area contributed by atoms with Crippen LogP contribution in [0.3, 0.4) is 0 Å². The number of unbranched alkanes of at least 4 members (excludes halogenated alkanes) is 12. The van der Waals surface area contributed by atoms with Crippen molar-refractivity contribution in [3.8, 4) is 0 Å². The molecule has 0 saturated carbocycles. The van der Waals surface area contributed by atoms with E-state index in [2.05, 4.69) is 31.9 Å². The fourth-order valence-corrected chi connectivity index (χ4v) is 11.0. The molecule has 97 heavy (non-hydrogen) atoms. The van der Waals surface area contributed by atoms with Crippen LogP contribution >= 0.6 is 0 Å². The van der Waals surface area contributed by atoms with Crippen molar-refractivity contribution in [2.45, 2.75) is 271 Å². The van der Waals surface area contributed by atoms with Gasteiger partial charge in [0.15, 0.2) is 18.9 Å². The summed E-state index contributed by atoms with van der Waals surface area (Å²) in [7, 11) is 0. The molecule has 0 aliphatic carbocycles. The van der Waals surface area contributed by atoms with E-state index in [0.717, 1.165) is 18.4 Å². The van der Waals surface area contributed by atoms with Crippen LogP contribution in [0.1, 0.15) is 160 Å². The van der Waals surface area contributed by atoms with E-state index < -0.39 is 148 Å². The number of benzene rings is 1. The van der Waals surface area contributed by atoms with E-state index in [4.69, 9.17) is 33.2 Å². The zero-order chi connectivity index (χ0) is 70.9. The molecule has 0 bridgehead atoms. The molecule has 32 nitrogen and oxygen atoms in total. The normalized spacial score (nSPS) is 26.7. The summed E-state index contributed by atoms with van der Waals surface area (Å²) in [5.74, 6) is -2.51. The molecule has 3 fully saturated rings. The molecule has 4 rings (SSSR count). The van der Waals surface area contributed by atoms with E-state index in [-0.39, 0.29) is 102 Å². The molecule has 558 valence electrons. The Hall–Kier alpha value is -4.76. The topological polar surface area (TPSA) is 502 Å². The Morgan fingerprint density at radius 3 is 1.24 bits per heavy atom. The van der Waals surface area contributed by atoms with Crippen LogP contribution in [0.25, 0.3) is 0 Å². The van der Waals surface area contributed by atoms with Crippen molar-refractivity contribution in [2.75, 3.05) is 65.8 Å². The quantitative estimate of drug-likeness (QED) is 0.0173. The van der Waals surface area contributed by atoms with Gasteiger partial charge in [-0.2, -0.15) is 0 Å². The Balaban J connectivity index is 1.26. The highest BCUT2D eigenvalue weighted by atomic mass is 16.7. The van der Waals surface area contributed by atoms with Crippen LogP contribution in [-0.2, 0) is 68.5 Å². The van der Waals surface area contributed by atoms with Gasteiger partial charge in [-0.05, 0) is 82.6 Å². The molecule has 0 aromatic heterocycles. The van der Waals surface area contributed by atoms with Crippen LogP contribution in [0.2, 0.25) is 0 Å². The van der Waals surface area contributed by atoms with Gasteiger partial charge in [-0.25, -0.2) is 0 Å². The first kappa shape index (κ1) is 84.7. The van der Waals surface area contributed by atoms with Crippen molar-refractivity contribution in [1.82, 2.24) is 31.9 Å². The third kappa shape index (κ3) is 32.6. The molecule has 19 N–H and O–H groups in total. The van der Waals surface area contributed by atoms with E-state index in [1.54, 1.807) is 0 Å². The Morgan fingerprint density at radius 2 is 0.794 bits per heavy atom. The van der Waals surface area contributed by atoms with Gasteiger partial charge in [0.25, 0.3) is 0 Å². The monoisotopic (exact) mass is 1390 g/mol. The van der Waals surface area contributed by atoms with Crippen molar-refractivity contribution in [1.29, 1.82) is 0 Å². The summed E-state index contributed by atoms with van der Waals surface area (Å²) in [5.41, 5.74) is 0.908. The smallest absolute Gasteiger partial charge is 0.306 e. The highest BCUT2D eigenvalue weighted by molar-refractivity contribution is 5.88. The highest BCUT2D eigenvalue weighted by Gasteiger charge is 2.46. The minimum Gasteiger partial charge on any atom is -0.461 e. The number of esters is 1. The van der Waals surface area contributed by atoms with Gasteiger partial charge in [0.2, 0.25) is 29.5 Å². The van der Waals surface area contributed by atoms with Crippen LogP contribution < -0.4 is 31.9 Å². The number of aliphatic hydroxyl groups excluding tert-OH is 13. The maximum Gasteiger partial charge on any atom is 0.306 e. The summed E-state index contributed by atoms with van der Waals surface area (Å²) in [4.78, 5) is 78.9. The Bertz CT molecular complexity index is 2340. The molecule has 0 radical (unpaired) electrons. The molecule has 18 atom stereocenters. The number of carbonyl (C=O) groups excluding carboxylic acids is 6. The van der Waals surface area contributed by atoms with E-state index in [9.17, 15) is 95.2 Å². The number of nitrogens with one attached hydrogen (secondary N) is 6. The van der Waals surface area contributed by atoms with Crippen molar-refractivity contribution in [2.24, 2.45) is 0 Å². The predicted molar refractivity (Wildman–Crippen MR) is 343 cm³/mol. The van der Waals surface area contributed by atoms with Gasteiger partial charge in [0.1, 0.15) is 92.1 Å². The van der Waals surface area contributed by atoms with Gasteiger partial charge >= 0.3 is 5.97 Å². The molecule has 0 spiro atoms. The summed E-state index contributed by atoms with van der Waals surface area (Å²) in [6.45, 7) is -0.0426. The number of ether oxygens (including phenoxy) is 7. The lowest BCUT2D eigenvalue weighted by Crippen LogP contribution is -2.59. The SMILES string of the molecule is O=C(CCCC(=O)NC(CCC(O)NC(CCC(=O)NCCCCCCO[C@H]1O[C@H](CO)[C@@H](O)[C@H](O)[C@@H]1O)C(=O)NCCCCCCO[C@H]1O[C@H](CO)[C@@H](O)[C@H](O)[C@@H]1O)C(=O)NCCCCCCO[C@H]1O[C@H](CO)[C@@H](O)[C@H](O)[C@@H]1O)NCCCCCCC(=O)OCc1ccccc1. The molecule has 3 aliphatic rings. The summed E-state index contributed by atoms with van der Waals surface area (Å²) < 4.78 is 38.1. The van der Waals surface area contributed by atoms with Gasteiger partial charge in [-0.3, -0.25) is 34.1 Å². The number of hydrogen-bond acceptors (Lipinski definition) is 27. The summed E-state index contributed by atoms with van der Waals surface area (Å²) in [6, 6.07) is 7.13. The summed E-state index contributed by atoms with van der Waals surface area (Å²) >= 11 is 0. The van der Waals surface area contributed by atoms with Crippen molar-refractivity contribution in [3.05, 3.63) is 35.9 Å². The number of hydrogen-bond donors (Lipinski definition) is 19. The van der Waals surface area contributed by atoms with Crippen molar-refractivity contribution >= 4 is 35.5 Å². The summed E-state index contributed by atoms with van der Waals surface area (Å²) in [5, 5.41) is 148. The maximum absolute atomic E-state index is 13.8. The lowest BCUT2D eigenvalue weighted by Gasteiger charge is -2.39. The zero-order valence-electron chi connectivity index (χ0n) is 55.6. The number of rotatable bonds is 51. The average molecular weight is 1390 g/mol. The van der Waals surface area contributed by atoms with E-state index in [1.807, 2.05) is 30.3 Å². The molecule has 5 amide bonds. The second-order valence-electron chi connectivity index (χ2n) is 24.9. The van der Waals surface area contributed by atoms with Crippen molar-refractivity contribution < 1.29 is 128 Å². The molecule has 3 aliphatic heterocycles. The molecular weight excluding hydrogens is 1280 g/mol. The Morgan fingerprint density at radius 1 is 0.402 bits per heavy atom. The van der Waals surface area contributed by atoms with Crippen LogP contribution in [0.5, 0.6) is 0 Å². The lowest BCUT2D eigenvalue weighted by molar-refractivity contribution is -0.301. The summed E-state index contributed by atoms with van der Waals surface area (Å²) in [6.07, 6.45) is -12.5. The van der Waals surface area contributed by atoms with E-state index in [1.165, 1.54) is 0 Å². The molecule has 1 aromatic carbocycles. The molecule has 3 heterocycles. The van der Waals surface area contributed by atoms with Crippen LogP contribution in [0.4, 0.5) is 0 Å². The third-order valence-corrected chi connectivity index (χ3v) is 17.0. The van der Waals surface area contributed by atoms with Gasteiger partial charge in [0.05, 0.1) is 25.9 Å². The second-order valence-corrected chi connectivity index (χ2v) is 24.9. The van der Waals surface area contributed by atoms with Gasteiger partial charge < -0.3 is 126 Å². The average Bonchev–Trinajstić information content (AvgIpc) is 0.862. The minimum atomic E-state index is -1.58. The first-order chi connectivity index (χ1) is 46.7. The minimum absolute atomic E-state index is 0.0357. The van der Waals surface area contributed by atoms with Gasteiger partial charge in [0, 0.05) is 71.7 Å². The molecule has 32 heteroatoms. The fourth-order valence-electron chi connectivity index (χ4n) is 11.0. The third-order valence-electron chi connectivity index (χ3n) is 17.0. The molecule has 1 aromatic rings. The highest BCUT2D eigenvalue weighted by Crippen LogP contribution is 2.25. The maximum atomic E-state index is 13.8. The van der Waals surface area contributed by atoms with Crippen LogP contribution in [0.15, 0.2) is 30.3 Å². The fraction of sp³-hybridized carbons (Fsp3) is 0.815. The Kier molecular flexibility index (Phi) is 42.7. The first-order valence-electron chi connectivity index (χ1n) is 34.5. The number of carbonyl (C=O) groups is 6. The van der Waals surface area contributed by atoms with E-state index in [0.29, 0.717) is 109 Å². The number of amides is 5. The van der Waals surface area contributed by atoms with Crippen LogP contribution in [0, 0.1) is 0 Å². The van der Waals surface area contributed by atoms with Gasteiger partial charge in [-0.15, -0.1) is 0 Å². The molecular formula is C65H112N6O26. The first-order valence-corrected chi connectivity index (χ1v) is 34.5. The lowest BCUT2D eigenvalue weighted by atomic mass is 9.99. The molecule has 3 saturated heterocycles. The predicted octanol–water partition coefficient (Wildman–Crippen LogP) is -3.23. The standard InChI is InChI=1S/C65H112N6O26/c72-37-44-52(80)55(83)58(86)63(95-44)91-34-17-6-3-14-31-67-48(76)28-26-42(61(89)68-32-15-4-7-18-35-92-64-59(87)56(84)53(81)45(38-73)96-64)71-50(78)29-27-43(62(90)69-33-16-5-8-19-36-93-65-60(88)57(85)54(82)46(39-74)97-65)70-49(77)24-20-23-47(75)66-30-13-2-1-12-25-51(79)94-40-41-21-10-9-11-22-41/h9-11,21-22,42-46,50,52-60,63-65,71-74,78,80-88H,1-8,12-20,23-40H2,(H,66,75)(H,67,76)(H,68,89)(H,69,90)(H,70,77)/t42?,43?,44-,45-,46-,50?,52-,53-,54-,55+,56+,57+,58+,59+,60+,63+,64+,65+/m1/s1. The largest absolute Gasteiger partial charge is 0.461 e. The van der Waals surface area contributed by atoms with Crippen LogP contribution in [-0.4, -0.2) is 278 Å². The van der Waals surface area contributed by atoms with Gasteiger partial charge in [-0.1, -0.05) is 81.7 Å². The zero-order valence-corrected chi connectivity index (χ0v) is 55.6. The van der Waals surface area contributed by atoms with E-state index >= 15 is 0 Å². The Labute approximate surface area is 566 Å². The second kappa shape index (κ2) is 48.9. The van der Waals surface area contributed by atoms with Crippen molar-refractivity contribution in [3.63, 3.8) is 0 Å². The molecule has 3 unspecified atom stereocenters.